The van der Waals surface area contributed by atoms with E-state index in [2.05, 4.69) is 15.2 Å². The molecule has 1 aromatic heterocycles. The average molecular weight is 332 g/mol. The number of halogens is 2. The average Bonchev–Trinajstić information content (AvgIpc) is 2.91. The number of hydrogen-bond donors (Lipinski definition) is 2. The molecule has 5 nitrogen and oxygen atoms in total. The van der Waals surface area contributed by atoms with Gasteiger partial charge >= 0.3 is 0 Å². The highest BCUT2D eigenvalue weighted by Crippen LogP contribution is 2.33. The number of benzene rings is 1. The topological polar surface area (TPSA) is 71.2 Å². The summed E-state index contributed by atoms with van der Waals surface area (Å²) < 4.78 is 26.8. The zero-order valence-corrected chi connectivity index (χ0v) is 13.2. The van der Waals surface area contributed by atoms with Gasteiger partial charge in [-0.2, -0.15) is 0 Å². The predicted molar refractivity (Wildman–Crippen MR) is 86.5 cm³/mol. The van der Waals surface area contributed by atoms with Crippen molar-refractivity contribution in [2.45, 2.75) is 18.5 Å². The molecule has 24 heavy (non-hydrogen) atoms. The minimum atomic E-state index is -0.857. The maximum atomic E-state index is 13.6. The van der Waals surface area contributed by atoms with Crippen molar-refractivity contribution in [3.8, 4) is 0 Å². The lowest BCUT2D eigenvalue weighted by molar-refractivity contribution is 0.0995. The fraction of sp³-hybridized carbons (Fsp3) is 0.294. The van der Waals surface area contributed by atoms with Crippen molar-refractivity contribution in [3.63, 3.8) is 0 Å². The molecule has 2 heterocycles. The van der Waals surface area contributed by atoms with E-state index in [1.807, 2.05) is 7.05 Å². The predicted octanol–water partition coefficient (Wildman–Crippen LogP) is 2.32. The Kier molecular flexibility index (Phi) is 4.44. The van der Waals surface area contributed by atoms with Gasteiger partial charge in [-0.1, -0.05) is 6.07 Å². The molecule has 1 amide bonds. The lowest BCUT2D eigenvalue weighted by Gasteiger charge is -2.27. The van der Waals surface area contributed by atoms with Crippen LogP contribution in [0.1, 0.15) is 28.5 Å². The number of pyridine rings is 1. The Labute approximate surface area is 138 Å². The zero-order valence-electron chi connectivity index (χ0n) is 13.2. The lowest BCUT2D eigenvalue weighted by Crippen LogP contribution is -2.29. The summed E-state index contributed by atoms with van der Waals surface area (Å²) in [6, 6.07) is 7.19. The molecule has 1 fully saturated rings. The van der Waals surface area contributed by atoms with Crippen molar-refractivity contribution >= 4 is 11.6 Å². The van der Waals surface area contributed by atoms with Crippen LogP contribution in [0.15, 0.2) is 36.5 Å². The number of likely N-dealkylation sites (tertiary alicyclic amines) is 1. The van der Waals surface area contributed by atoms with Gasteiger partial charge in [-0.05, 0) is 43.3 Å². The minimum absolute atomic E-state index is 0.0111. The molecule has 0 radical (unpaired) electrons. The quantitative estimate of drug-likeness (QED) is 0.901. The van der Waals surface area contributed by atoms with Crippen LogP contribution in [0.3, 0.4) is 0 Å². The Morgan fingerprint density at radius 3 is 2.79 bits per heavy atom. The van der Waals surface area contributed by atoms with Gasteiger partial charge in [-0.3, -0.25) is 14.7 Å². The van der Waals surface area contributed by atoms with Crippen molar-refractivity contribution < 1.29 is 13.6 Å². The number of carbonyl (C=O) groups excluding carboxylic acids is 1. The van der Waals surface area contributed by atoms with Crippen LogP contribution in [-0.2, 0) is 0 Å². The van der Waals surface area contributed by atoms with Crippen LogP contribution in [0.5, 0.6) is 0 Å². The highest BCUT2D eigenvalue weighted by atomic mass is 19.2. The van der Waals surface area contributed by atoms with Gasteiger partial charge in [0.1, 0.15) is 5.69 Å². The van der Waals surface area contributed by atoms with Gasteiger partial charge in [-0.15, -0.1) is 0 Å². The van der Waals surface area contributed by atoms with E-state index < -0.39 is 17.5 Å². The van der Waals surface area contributed by atoms with Crippen LogP contribution in [0, 0.1) is 11.6 Å². The second-order valence-electron chi connectivity index (χ2n) is 5.93. The molecule has 2 aromatic rings. The molecule has 0 spiro atoms. The van der Waals surface area contributed by atoms with Gasteiger partial charge in [0.05, 0.1) is 6.04 Å². The molecule has 7 heteroatoms. The number of primary amides is 1. The molecule has 1 aliphatic heterocycles. The summed E-state index contributed by atoms with van der Waals surface area (Å²) in [5.74, 6) is -2.31. The molecule has 1 aromatic carbocycles. The smallest absolute Gasteiger partial charge is 0.267 e. The number of nitrogens with one attached hydrogen (secondary N) is 1. The maximum absolute atomic E-state index is 13.6. The molecule has 126 valence electrons. The molecule has 3 rings (SSSR count). The number of nitrogens with zero attached hydrogens (tertiary/aromatic N) is 2. The van der Waals surface area contributed by atoms with E-state index in [1.165, 1.54) is 12.3 Å². The largest absolute Gasteiger partial charge is 0.380 e. The highest BCUT2D eigenvalue weighted by molar-refractivity contribution is 5.91. The Balaban J connectivity index is 1.85. The summed E-state index contributed by atoms with van der Waals surface area (Å²) in [5, 5.41) is 3.34. The number of aromatic nitrogens is 1. The number of rotatable bonds is 4. The minimum Gasteiger partial charge on any atom is -0.380 e. The second-order valence-corrected chi connectivity index (χ2v) is 5.93. The van der Waals surface area contributed by atoms with Gasteiger partial charge in [0.15, 0.2) is 11.6 Å². The van der Waals surface area contributed by atoms with Crippen molar-refractivity contribution in [3.05, 3.63) is 59.4 Å². The van der Waals surface area contributed by atoms with Gasteiger partial charge in [0.25, 0.3) is 5.91 Å². The van der Waals surface area contributed by atoms with E-state index in [0.29, 0.717) is 11.3 Å². The van der Waals surface area contributed by atoms with E-state index in [1.54, 1.807) is 18.2 Å². The van der Waals surface area contributed by atoms with Crippen molar-refractivity contribution in [1.82, 2.24) is 9.88 Å². The Morgan fingerprint density at radius 1 is 1.29 bits per heavy atom. The summed E-state index contributed by atoms with van der Waals surface area (Å²) in [7, 11) is 1.94. The van der Waals surface area contributed by atoms with Crippen molar-refractivity contribution in [2.75, 3.05) is 18.9 Å². The normalized spacial score (nSPS) is 21.0. The summed E-state index contributed by atoms with van der Waals surface area (Å²) >= 11 is 0. The van der Waals surface area contributed by atoms with Crippen LogP contribution < -0.4 is 11.1 Å². The summed E-state index contributed by atoms with van der Waals surface area (Å²) in [5.41, 5.74) is 6.84. The van der Waals surface area contributed by atoms with Gasteiger partial charge in [-0.25, -0.2) is 8.78 Å². The Hall–Kier alpha value is -2.54. The van der Waals surface area contributed by atoms with E-state index in [0.717, 1.165) is 19.0 Å². The second kappa shape index (κ2) is 6.52. The van der Waals surface area contributed by atoms with Crippen LogP contribution >= 0.6 is 0 Å². The van der Waals surface area contributed by atoms with Crippen molar-refractivity contribution in [1.29, 1.82) is 0 Å². The zero-order chi connectivity index (χ0) is 17.3. The molecule has 2 atom stereocenters. The van der Waals surface area contributed by atoms with Crippen LogP contribution in [0.4, 0.5) is 14.5 Å². The molecule has 0 saturated carbocycles. The highest BCUT2D eigenvalue weighted by Gasteiger charge is 2.33. The third-order valence-electron chi connectivity index (χ3n) is 4.30. The fourth-order valence-electron chi connectivity index (χ4n) is 3.15. The van der Waals surface area contributed by atoms with Crippen LogP contribution in [0.25, 0.3) is 0 Å². The first-order chi connectivity index (χ1) is 11.5. The number of amides is 1. The SMILES string of the molecule is CN1CCC(Nc2ccnc(C(N)=O)c2)C1c1ccc(F)c(F)c1. The molecule has 0 aliphatic carbocycles. The van der Waals surface area contributed by atoms with Crippen LogP contribution in [-0.4, -0.2) is 35.4 Å². The Morgan fingerprint density at radius 2 is 2.08 bits per heavy atom. The third-order valence-corrected chi connectivity index (χ3v) is 4.30. The summed E-state index contributed by atoms with van der Waals surface area (Å²) in [6.45, 7) is 0.815. The first kappa shape index (κ1) is 16.3. The number of hydrogen-bond acceptors (Lipinski definition) is 4. The monoisotopic (exact) mass is 332 g/mol. The summed E-state index contributed by atoms with van der Waals surface area (Å²) in [4.78, 5) is 17.2. The van der Waals surface area contributed by atoms with E-state index in [-0.39, 0.29) is 17.8 Å². The van der Waals surface area contributed by atoms with Crippen molar-refractivity contribution in [2.24, 2.45) is 5.73 Å². The number of carbonyl (C=O) groups is 1. The standard InChI is InChI=1S/C17H18F2N4O/c1-23-7-5-14(16(23)10-2-3-12(18)13(19)8-10)22-11-4-6-21-15(9-11)17(20)24/h2-4,6,8-9,14,16H,5,7H2,1H3,(H2,20,24)(H,21,22). The molecular formula is C17H18F2N4O. The molecular weight excluding hydrogens is 314 g/mol. The number of anilines is 1. The van der Waals surface area contributed by atoms with Gasteiger partial charge in [0, 0.05) is 24.5 Å². The van der Waals surface area contributed by atoms with E-state index >= 15 is 0 Å². The first-order valence-corrected chi connectivity index (χ1v) is 7.63. The maximum Gasteiger partial charge on any atom is 0.267 e. The van der Waals surface area contributed by atoms with Gasteiger partial charge < -0.3 is 11.1 Å². The number of nitrogens with two attached hydrogens (primary N) is 1. The molecule has 3 N–H and O–H groups in total. The van der Waals surface area contributed by atoms with E-state index in [9.17, 15) is 13.6 Å². The molecule has 1 saturated heterocycles. The third kappa shape index (κ3) is 3.21. The Bertz CT molecular complexity index is 768. The summed E-state index contributed by atoms with van der Waals surface area (Å²) in [6.07, 6.45) is 2.34. The van der Waals surface area contributed by atoms with Crippen LogP contribution in [0.2, 0.25) is 0 Å². The fourth-order valence-corrected chi connectivity index (χ4v) is 3.15. The van der Waals surface area contributed by atoms with Gasteiger partial charge in [0.2, 0.25) is 0 Å². The number of likely N-dealkylation sites (N-methyl/N-ethyl adjacent to an activating group) is 1. The molecule has 1 aliphatic rings. The lowest BCUT2D eigenvalue weighted by atomic mass is 9.99. The molecule has 2 unspecified atom stereocenters. The first-order valence-electron chi connectivity index (χ1n) is 7.63. The van der Waals surface area contributed by atoms with E-state index in [4.69, 9.17) is 5.73 Å². The molecule has 0 bridgehead atoms.